The van der Waals surface area contributed by atoms with Crippen molar-refractivity contribution in [2.45, 2.75) is 71.8 Å². The first kappa shape index (κ1) is 22.5. The fourth-order valence-electron chi connectivity index (χ4n) is 4.12. The summed E-state index contributed by atoms with van der Waals surface area (Å²) < 4.78 is 1.90. The molecular formula is C24H31Br2N3. The van der Waals surface area contributed by atoms with E-state index in [1.165, 1.54) is 48.9 Å². The molecule has 1 aliphatic heterocycles. The van der Waals surface area contributed by atoms with Crippen molar-refractivity contribution >= 4 is 48.9 Å². The minimum Gasteiger partial charge on any atom is -0.366 e. The molecule has 0 aliphatic carbocycles. The average Bonchev–Trinajstić information content (AvgIpc) is 2.89. The number of aryl methyl sites for hydroxylation is 1. The Labute approximate surface area is 192 Å². The zero-order chi connectivity index (χ0) is 21.0. The van der Waals surface area contributed by atoms with Crippen molar-refractivity contribution in [1.82, 2.24) is 0 Å². The first-order chi connectivity index (χ1) is 13.8. The summed E-state index contributed by atoms with van der Waals surface area (Å²) in [5, 5.41) is 9.01. The van der Waals surface area contributed by atoms with E-state index in [0.29, 0.717) is 0 Å². The van der Waals surface area contributed by atoms with Gasteiger partial charge in [-0.25, -0.2) is 0 Å². The minimum absolute atomic E-state index is 0.159. The molecular weight excluding hydrogens is 490 g/mol. The molecule has 3 nitrogen and oxygen atoms in total. The molecule has 0 spiro atoms. The Balaban J connectivity index is 1.75. The van der Waals surface area contributed by atoms with Crippen LogP contribution in [0.1, 0.15) is 64.0 Å². The molecule has 0 atom stereocenters. The minimum atomic E-state index is 0.159. The molecule has 5 heteroatoms. The van der Waals surface area contributed by atoms with Gasteiger partial charge in [-0.15, -0.1) is 5.11 Å². The summed E-state index contributed by atoms with van der Waals surface area (Å²) in [6.07, 6.45) is 7.63. The van der Waals surface area contributed by atoms with E-state index < -0.39 is 0 Å². The molecule has 0 saturated heterocycles. The summed E-state index contributed by atoms with van der Waals surface area (Å²) in [6, 6.07) is 10.6. The molecule has 1 heterocycles. The second-order valence-corrected chi connectivity index (χ2v) is 10.4. The quantitative estimate of drug-likeness (QED) is 0.252. The first-order valence-corrected chi connectivity index (χ1v) is 12.2. The molecule has 0 aromatic heterocycles. The fraction of sp³-hybridized carbons (Fsp3) is 0.500. The summed E-state index contributed by atoms with van der Waals surface area (Å²) in [7, 11) is 0. The highest BCUT2D eigenvalue weighted by atomic mass is 79.9. The number of anilines is 1. The highest BCUT2D eigenvalue weighted by Crippen LogP contribution is 2.41. The molecule has 0 amide bonds. The highest BCUT2D eigenvalue weighted by molar-refractivity contribution is 9.11. The molecule has 1 aliphatic rings. The predicted octanol–water partition coefficient (Wildman–Crippen LogP) is 9.05. The standard InChI is InChI=1S/C24H31Br2N3/c1-5-6-7-8-9-12-29-22-11-10-19(15-18(22)16-24(29,3)4)27-28-23-20(25)13-17(2)14-21(23)26/h10-11,13-15H,5-9,12,16H2,1-4H3. The Morgan fingerprint density at radius 1 is 0.966 bits per heavy atom. The van der Waals surface area contributed by atoms with Gasteiger partial charge >= 0.3 is 0 Å². The third kappa shape index (κ3) is 5.49. The zero-order valence-corrected chi connectivity index (χ0v) is 21.1. The number of hydrogen-bond acceptors (Lipinski definition) is 3. The van der Waals surface area contributed by atoms with Crippen molar-refractivity contribution in [3.05, 3.63) is 50.4 Å². The Kier molecular flexibility index (Phi) is 7.55. The van der Waals surface area contributed by atoms with Crippen LogP contribution in [0.3, 0.4) is 0 Å². The molecule has 0 radical (unpaired) electrons. The van der Waals surface area contributed by atoms with Crippen molar-refractivity contribution in [3.8, 4) is 0 Å². The van der Waals surface area contributed by atoms with Crippen molar-refractivity contribution < 1.29 is 0 Å². The van der Waals surface area contributed by atoms with Crippen LogP contribution in [0.4, 0.5) is 17.1 Å². The first-order valence-electron chi connectivity index (χ1n) is 10.6. The fourth-order valence-corrected chi connectivity index (χ4v) is 5.69. The lowest BCUT2D eigenvalue weighted by Gasteiger charge is -2.34. The van der Waals surface area contributed by atoms with E-state index in [1.54, 1.807) is 0 Å². The number of hydrogen-bond donors (Lipinski definition) is 0. The molecule has 156 valence electrons. The van der Waals surface area contributed by atoms with Crippen LogP contribution in [-0.2, 0) is 6.42 Å². The number of unbranched alkanes of at least 4 members (excludes halogenated alkanes) is 4. The second kappa shape index (κ2) is 9.74. The number of benzene rings is 2. The van der Waals surface area contributed by atoms with Crippen LogP contribution in [-0.4, -0.2) is 12.1 Å². The Bertz CT molecular complexity index is 867. The lowest BCUT2D eigenvalue weighted by Crippen LogP contribution is -2.41. The van der Waals surface area contributed by atoms with E-state index >= 15 is 0 Å². The monoisotopic (exact) mass is 519 g/mol. The van der Waals surface area contributed by atoms with Gasteiger partial charge in [-0.2, -0.15) is 5.11 Å². The van der Waals surface area contributed by atoms with E-state index in [2.05, 4.69) is 105 Å². The molecule has 0 bridgehead atoms. The highest BCUT2D eigenvalue weighted by Gasteiger charge is 2.35. The molecule has 0 N–H and O–H groups in total. The molecule has 0 saturated carbocycles. The van der Waals surface area contributed by atoms with Crippen molar-refractivity contribution in [3.63, 3.8) is 0 Å². The zero-order valence-electron chi connectivity index (χ0n) is 17.9. The van der Waals surface area contributed by atoms with E-state index in [-0.39, 0.29) is 5.54 Å². The molecule has 0 fully saturated rings. The largest absolute Gasteiger partial charge is 0.366 e. The number of nitrogens with zero attached hydrogens (tertiary/aromatic N) is 3. The van der Waals surface area contributed by atoms with E-state index in [4.69, 9.17) is 0 Å². The maximum atomic E-state index is 4.52. The maximum absolute atomic E-state index is 4.52. The van der Waals surface area contributed by atoms with Gasteiger partial charge in [-0.05, 0) is 107 Å². The summed E-state index contributed by atoms with van der Waals surface area (Å²) in [6.45, 7) is 10.2. The number of fused-ring (bicyclic) bond motifs is 1. The van der Waals surface area contributed by atoms with Gasteiger partial charge in [-0.1, -0.05) is 32.6 Å². The lowest BCUT2D eigenvalue weighted by atomic mass is 9.99. The van der Waals surface area contributed by atoms with Gasteiger partial charge < -0.3 is 4.90 Å². The van der Waals surface area contributed by atoms with Gasteiger partial charge in [0.1, 0.15) is 5.69 Å². The number of rotatable bonds is 8. The van der Waals surface area contributed by atoms with E-state index in [9.17, 15) is 0 Å². The molecule has 29 heavy (non-hydrogen) atoms. The van der Waals surface area contributed by atoms with Gasteiger partial charge in [0.2, 0.25) is 0 Å². The van der Waals surface area contributed by atoms with Crippen LogP contribution in [0, 0.1) is 6.92 Å². The van der Waals surface area contributed by atoms with Crippen LogP contribution in [0.15, 0.2) is 49.5 Å². The van der Waals surface area contributed by atoms with Gasteiger partial charge in [0.05, 0.1) is 5.69 Å². The Hall–Kier alpha value is -1.20. The number of azo groups is 1. The third-order valence-corrected chi connectivity index (χ3v) is 6.83. The van der Waals surface area contributed by atoms with Gasteiger partial charge in [0.15, 0.2) is 0 Å². The molecule has 2 aromatic rings. The van der Waals surface area contributed by atoms with Crippen molar-refractivity contribution in [1.29, 1.82) is 0 Å². The average molecular weight is 521 g/mol. The van der Waals surface area contributed by atoms with Gasteiger partial charge in [-0.3, -0.25) is 0 Å². The summed E-state index contributed by atoms with van der Waals surface area (Å²) in [5.41, 5.74) is 5.81. The Morgan fingerprint density at radius 3 is 2.34 bits per heavy atom. The van der Waals surface area contributed by atoms with E-state index in [1.807, 2.05) is 0 Å². The second-order valence-electron chi connectivity index (χ2n) is 8.65. The maximum Gasteiger partial charge on any atom is 0.114 e. The molecule has 0 unspecified atom stereocenters. The van der Waals surface area contributed by atoms with Crippen LogP contribution in [0.5, 0.6) is 0 Å². The summed E-state index contributed by atoms with van der Waals surface area (Å²) >= 11 is 7.19. The molecule has 3 rings (SSSR count). The summed E-state index contributed by atoms with van der Waals surface area (Å²) in [5.74, 6) is 0. The summed E-state index contributed by atoms with van der Waals surface area (Å²) in [4.78, 5) is 2.59. The van der Waals surface area contributed by atoms with Crippen LogP contribution < -0.4 is 4.90 Å². The predicted molar refractivity (Wildman–Crippen MR) is 131 cm³/mol. The number of halogens is 2. The van der Waals surface area contributed by atoms with Gasteiger partial charge in [0, 0.05) is 26.7 Å². The topological polar surface area (TPSA) is 28.0 Å². The van der Waals surface area contributed by atoms with Crippen molar-refractivity contribution in [2.24, 2.45) is 10.2 Å². The SMILES string of the molecule is CCCCCCCN1c2ccc(N=Nc3c(Br)cc(C)cc3Br)cc2CC1(C)C. The van der Waals surface area contributed by atoms with Crippen LogP contribution >= 0.6 is 31.9 Å². The molecule has 2 aromatic carbocycles. The normalized spacial score (nSPS) is 15.3. The van der Waals surface area contributed by atoms with Gasteiger partial charge in [0.25, 0.3) is 0 Å². The van der Waals surface area contributed by atoms with Crippen molar-refractivity contribution in [2.75, 3.05) is 11.4 Å². The third-order valence-electron chi connectivity index (χ3n) is 5.62. The van der Waals surface area contributed by atoms with Crippen LogP contribution in [0.25, 0.3) is 0 Å². The lowest BCUT2D eigenvalue weighted by molar-refractivity contribution is 0.473. The Morgan fingerprint density at radius 2 is 1.66 bits per heavy atom. The smallest absolute Gasteiger partial charge is 0.114 e. The van der Waals surface area contributed by atoms with E-state index in [0.717, 1.165) is 33.3 Å². The van der Waals surface area contributed by atoms with Crippen LogP contribution in [0.2, 0.25) is 0 Å².